The molecule has 0 aromatic carbocycles. The largest absolute Gasteiger partial charge is 0.481 e. The molecule has 1 saturated heterocycles. The third-order valence-electron chi connectivity index (χ3n) is 4.31. The minimum atomic E-state index is -0.859. The number of carbonyl (C=O) groups excluding carboxylic acids is 2. The summed E-state index contributed by atoms with van der Waals surface area (Å²) in [7, 11) is 1.57. The van der Waals surface area contributed by atoms with Gasteiger partial charge in [-0.3, -0.25) is 14.4 Å². The predicted molar refractivity (Wildman–Crippen MR) is 73.5 cm³/mol. The lowest BCUT2D eigenvalue weighted by Gasteiger charge is -2.20. The first-order valence-electron chi connectivity index (χ1n) is 7.32. The molecule has 0 aromatic heterocycles. The van der Waals surface area contributed by atoms with Crippen LogP contribution in [0.2, 0.25) is 0 Å². The van der Waals surface area contributed by atoms with Gasteiger partial charge in [0, 0.05) is 32.7 Å². The Labute approximate surface area is 123 Å². The Morgan fingerprint density at radius 1 is 1.43 bits per heavy atom. The Bertz CT molecular complexity index is 426. The SMILES string of the molecule is COCCN1CC(C(=O)NC2CCCC2C(=O)O)CC1=O. The quantitative estimate of drug-likeness (QED) is 0.711. The molecule has 118 valence electrons. The van der Waals surface area contributed by atoms with Crippen molar-refractivity contribution in [1.29, 1.82) is 0 Å². The zero-order valence-corrected chi connectivity index (χ0v) is 12.2. The van der Waals surface area contributed by atoms with E-state index in [1.165, 1.54) is 0 Å². The number of methoxy groups -OCH3 is 1. The van der Waals surface area contributed by atoms with Crippen LogP contribution in [0.25, 0.3) is 0 Å². The number of aliphatic carboxylic acids is 1. The number of nitrogens with one attached hydrogen (secondary N) is 1. The van der Waals surface area contributed by atoms with Gasteiger partial charge in [0.2, 0.25) is 11.8 Å². The average Bonchev–Trinajstić information content (AvgIpc) is 3.03. The zero-order chi connectivity index (χ0) is 15.4. The number of hydrogen-bond acceptors (Lipinski definition) is 4. The Morgan fingerprint density at radius 2 is 2.19 bits per heavy atom. The van der Waals surface area contributed by atoms with E-state index in [9.17, 15) is 14.4 Å². The summed E-state index contributed by atoms with van der Waals surface area (Å²) >= 11 is 0. The van der Waals surface area contributed by atoms with Gasteiger partial charge in [0.25, 0.3) is 0 Å². The van der Waals surface area contributed by atoms with Crippen LogP contribution in [-0.4, -0.2) is 60.6 Å². The van der Waals surface area contributed by atoms with Gasteiger partial charge in [-0.15, -0.1) is 0 Å². The molecule has 7 nitrogen and oxygen atoms in total. The van der Waals surface area contributed by atoms with Gasteiger partial charge in [0.1, 0.15) is 0 Å². The highest BCUT2D eigenvalue weighted by Gasteiger charge is 2.38. The van der Waals surface area contributed by atoms with Gasteiger partial charge in [0.15, 0.2) is 0 Å². The molecule has 0 aromatic rings. The van der Waals surface area contributed by atoms with Gasteiger partial charge in [-0.05, 0) is 12.8 Å². The lowest BCUT2D eigenvalue weighted by atomic mass is 10.0. The summed E-state index contributed by atoms with van der Waals surface area (Å²) in [4.78, 5) is 36.8. The zero-order valence-electron chi connectivity index (χ0n) is 12.2. The van der Waals surface area contributed by atoms with Gasteiger partial charge in [-0.2, -0.15) is 0 Å². The topological polar surface area (TPSA) is 95.9 Å². The van der Waals surface area contributed by atoms with Crippen LogP contribution in [0.3, 0.4) is 0 Å². The first-order chi connectivity index (χ1) is 10.0. The molecule has 3 unspecified atom stereocenters. The minimum absolute atomic E-state index is 0.0478. The highest BCUT2D eigenvalue weighted by Crippen LogP contribution is 2.27. The molecule has 3 atom stereocenters. The maximum Gasteiger partial charge on any atom is 0.308 e. The van der Waals surface area contributed by atoms with Gasteiger partial charge in [0.05, 0.1) is 18.4 Å². The standard InChI is InChI=1S/C14H22N2O5/c1-21-6-5-16-8-9(7-12(16)17)13(18)15-11-4-2-3-10(11)14(19)20/h9-11H,2-8H2,1H3,(H,15,18)(H,19,20). The van der Waals surface area contributed by atoms with Crippen LogP contribution < -0.4 is 5.32 Å². The molecule has 2 fully saturated rings. The Balaban J connectivity index is 1.86. The number of rotatable bonds is 6. The van der Waals surface area contributed by atoms with E-state index in [-0.39, 0.29) is 30.2 Å². The molecule has 1 aliphatic heterocycles. The lowest BCUT2D eigenvalue weighted by molar-refractivity contribution is -0.142. The first kappa shape index (κ1) is 15.8. The number of ether oxygens (including phenoxy) is 1. The Morgan fingerprint density at radius 3 is 2.86 bits per heavy atom. The number of nitrogens with zero attached hydrogens (tertiary/aromatic N) is 1. The monoisotopic (exact) mass is 298 g/mol. The van der Waals surface area contributed by atoms with E-state index in [2.05, 4.69) is 5.32 Å². The van der Waals surface area contributed by atoms with Crippen LogP contribution in [0, 0.1) is 11.8 Å². The number of carboxylic acids is 1. The summed E-state index contributed by atoms with van der Waals surface area (Å²) in [5.74, 6) is -2.00. The van der Waals surface area contributed by atoms with Crippen LogP contribution >= 0.6 is 0 Å². The van der Waals surface area contributed by atoms with E-state index in [1.807, 2.05) is 0 Å². The molecular formula is C14H22N2O5. The summed E-state index contributed by atoms with van der Waals surface area (Å²) in [5.41, 5.74) is 0. The first-order valence-corrected chi connectivity index (χ1v) is 7.32. The molecule has 0 bridgehead atoms. The molecule has 1 heterocycles. The molecule has 2 rings (SSSR count). The second-order valence-electron chi connectivity index (χ2n) is 5.72. The van der Waals surface area contributed by atoms with Crippen LogP contribution in [0.4, 0.5) is 0 Å². The van der Waals surface area contributed by atoms with Crippen molar-refractivity contribution < 1.29 is 24.2 Å². The summed E-state index contributed by atoms with van der Waals surface area (Å²) < 4.78 is 4.94. The van der Waals surface area contributed by atoms with Crippen molar-refractivity contribution >= 4 is 17.8 Å². The highest BCUT2D eigenvalue weighted by molar-refractivity contribution is 5.89. The van der Waals surface area contributed by atoms with E-state index >= 15 is 0 Å². The summed E-state index contributed by atoms with van der Waals surface area (Å²) in [5, 5.41) is 11.9. The fraction of sp³-hybridized carbons (Fsp3) is 0.786. The highest BCUT2D eigenvalue weighted by atomic mass is 16.5. The Hall–Kier alpha value is -1.63. The summed E-state index contributed by atoms with van der Waals surface area (Å²) in [6.07, 6.45) is 2.30. The van der Waals surface area contributed by atoms with Gasteiger partial charge >= 0.3 is 5.97 Å². The van der Waals surface area contributed by atoms with Crippen molar-refractivity contribution in [3.05, 3.63) is 0 Å². The van der Waals surface area contributed by atoms with Crippen LogP contribution in [0.1, 0.15) is 25.7 Å². The Kier molecular flexibility index (Phi) is 5.17. The molecule has 0 spiro atoms. The smallest absolute Gasteiger partial charge is 0.308 e. The number of carbonyl (C=O) groups is 3. The molecule has 2 aliphatic rings. The molecular weight excluding hydrogens is 276 g/mol. The van der Waals surface area contributed by atoms with E-state index in [0.29, 0.717) is 32.5 Å². The van der Waals surface area contributed by atoms with Crippen molar-refractivity contribution in [3.8, 4) is 0 Å². The number of amides is 2. The van der Waals surface area contributed by atoms with E-state index in [1.54, 1.807) is 12.0 Å². The summed E-state index contributed by atoms with van der Waals surface area (Å²) in [6.45, 7) is 1.32. The molecule has 1 saturated carbocycles. The normalized spacial score (nSPS) is 28.9. The van der Waals surface area contributed by atoms with Crippen LogP contribution in [0.5, 0.6) is 0 Å². The van der Waals surface area contributed by atoms with Crippen LogP contribution in [-0.2, 0) is 19.1 Å². The third-order valence-corrected chi connectivity index (χ3v) is 4.31. The fourth-order valence-electron chi connectivity index (χ4n) is 3.09. The fourth-order valence-corrected chi connectivity index (χ4v) is 3.09. The predicted octanol–water partition coefficient (Wildman–Crippen LogP) is -0.149. The molecule has 1 aliphatic carbocycles. The van der Waals surface area contributed by atoms with Crippen molar-refractivity contribution in [1.82, 2.24) is 10.2 Å². The van der Waals surface area contributed by atoms with Crippen LogP contribution in [0.15, 0.2) is 0 Å². The number of hydrogen-bond donors (Lipinski definition) is 2. The second-order valence-corrected chi connectivity index (χ2v) is 5.72. The molecule has 2 amide bonds. The van der Waals surface area contributed by atoms with E-state index in [0.717, 1.165) is 6.42 Å². The second kappa shape index (κ2) is 6.89. The number of likely N-dealkylation sites (tertiary alicyclic amines) is 1. The molecule has 2 N–H and O–H groups in total. The van der Waals surface area contributed by atoms with E-state index in [4.69, 9.17) is 9.84 Å². The maximum absolute atomic E-state index is 12.2. The maximum atomic E-state index is 12.2. The van der Waals surface area contributed by atoms with E-state index < -0.39 is 11.9 Å². The van der Waals surface area contributed by atoms with Crippen molar-refractivity contribution in [2.45, 2.75) is 31.7 Å². The molecule has 7 heteroatoms. The third kappa shape index (κ3) is 3.72. The number of carboxylic acid groups (broad SMARTS) is 1. The average molecular weight is 298 g/mol. The minimum Gasteiger partial charge on any atom is -0.481 e. The summed E-state index contributed by atoms with van der Waals surface area (Å²) in [6, 6.07) is -0.307. The lowest BCUT2D eigenvalue weighted by Crippen LogP contribution is -2.43. The van der Waals surface area contributed by atoms with Crippen molar-refractivity contribution in [2.75, 3.05) is 26.8 Å². The van der Waals surface area contributed by atoms with Gasteiger partial charge in [-0.1, -0.05) is 6.42 Å². The van der Waals surface area contributed by atoms with Crippen molar-refractivity contribution in [2.24, 2.45) is 11.8 Å². The van der Waals surface area contributed by atoms with Crippen molar-refractivity contribution in [3.63, 3.8) is 0 Å². The molecule has 21 heavy (non-hydrogen) atoms. The van der Waals surface area contributed by atoms with Gasteiger partial charge < -0.3 is 20.1 Å². The van der Waals surface area contributed by atoms with Gasteiger partial charge in [-0.25, -0.2) is 0 Å². The molecule has 0 radical (unpaired) electrons.